The van der Waals surface area contributed by atoms with Gasteiger partial charge in [0.15, 0.2) is 0 Å². The number of nitrogen functional groups attached to an aromatic ring is 1. The number of nitrogens with one attached hydrogen (secondary N) is 3. The predicted molar refractivity (Wildman–Crippen MR) is 79.0 cm³/mol. The Kier molecular flexibility index (Phi) is 6.90. The zero-order chi connectivity index (χ0) is 15.7. The van der Waals surface area contributed by atoms with Gasteiger partial charge in [0.1, 0.15) is 5.84 Å². The first-order valence-corrected chi connectivity index (χ1v) is 6.61. The van der Waals surface area contributed by atoms with Gasteiger partial charge in [0.25, 0.3) is 0 Å². The highest BCUT2D eigenvalue weighted by atomic mass is 16.4. The van der Waals surface area contributed by atoms with Crippen molar-refractivity contribution in [3.63, 3.8) is 0 Å². The van der Waals surface area contributed by atoms with Crippen molar-refractivity contribution in [2.24, 2.45) is 5.73 Å². The summed E-state index contributed by atoms with van der Waals surface area (Å²) in [4.78, 5) is 21.7. The van der Waals surface area contributed by atoms with Gasteiger partial charge < -0.3 is 21.5 Å². The number of hydrogen-bond acceptors (Lipinski definition) is 4. The van der Waals surface area contributed by atoms with Crippen molar-refractivity contribution >= 4 is 17.7 Å². The van der Waals surface area contributed by atoms with Crippen LogP contribution in [-0.4, -0.2) is 35.9 Å². The van der Waals surface area contributed by atoms with Gasteiger partial charge in [-0.05, 0) is 5.56 Å². The van der Waals surface area contributed by atoms with Gasteiger partial charge in [-0.15, -0.1) is 0 Å². The van der Waals surface area contributed by atoms with Gasteiger partial charge in [0.05, 0.1) is 6.42 Å². The van der Waals surface area contributed by atoms with Crippen LogP contribution >= 0.6 is 0 Å². The fourth-order valence-corrected chi connectivity index (χ4v) is 1.63. The summed E-state index contributed by atoms with van der Waals surface area (Å²) in [5, 5.41) is 21.4. The molecule has 0 radical (unpaired) electrons. The monoisotopic (exact) mass is 292 g/mol. The van der Waals surface area contributed by atoms with Crippen molar-refractivity contribution in [2.45, 2.75) is 19.4 Å². The summed E-state index contributed by atoms with van der Waals surface area (Å²) < 4.78 is 0. The maximum atomic E-state index is 11.4. The maximum absolute atomic E-state index is 11.4. The van der Waals surface area contributed by atoms with Crippen LogP contribution in [-0.2, 0) is 16.1 Å². The van der Waals surface area contributed by atoms with E-state index in [4.69, 9.17) is 16.2 Å². The molecular weight excluding hydrogens is 272 g/mol. The minimum Gasteiger partial charge on any atom is -0.481 e. The summed E-state index contributed by atoms with van der Waals surface area (Å²) in [5.74, 6) is -1.06. The molecule has 6 N–H and O–H groups in total. The molecule has 0 aliphatic heterocycles. The van der Waals surface area contributed by atoms with Gasteiger partial charge in [0.2, 0.25) is 5.91 Å². The van der Waals surface area contributed by atoms with Crippen molar-refractivity contribution < 1.29 is 14.7 Å². The lowest BCUT2D eigenvalue weighted by atomic mass is 10.1. The average molecular weight is 292 g/mol. The Labute approximate surface area is 123 Å². The molecule has 7 heteroatoms. The summed E-state index contributed by atoms with van der Waals surface area (Å²) in [7, 11) is 0. The lowest BCUT2D eigenvalue weighted by Gasteiger charge is -2.06. The van der Waals surface area contributed by atoms with Gasteiger partial charge >= 0.3 is 5.97 Å². The molecule has 0 aromatic heterocycles. The quantitative estimate of drug-likeness (QED) is 0.249. The number of rotatable bonds is 9. The number of benzene rings is 1. The Morgan fingerprint density at radius 1 is 1.14 bits per heavy atom. The topological polar surface area (TPSA) is 128 Å². The smallest absolute Gasteiger partial charge is 0.305 e. The van der Waals surface area contributed by atoms with Crippen molar-refractivity contribution in [1.29, 1.82) is 5.41 Å². The van der Waals surface area contributed by atoms with Crippen LogP contribution in [0.4, 0.5) is 0 Å². The van der Waals surface area contributed by atoms with E-state index >= 15 is 0 Å². The molecule has 0 fully saturated rings. The van der Waals surface area contributed by atoms with Crippen LogP contribution in [0.3, 0.4) is 0 Å². The van der Waals surface area contributed by atoms with Crippen molar-refractivity contribution in [2.75, 3.05) is 13.1 Å². The first-order chi connectivity index (χ1) is 9.99. The highest BCUT2D eigenvalue weighted by molar-refractivity contribution is 5.94. The number of carboxylic acids is 1. The second-order valence-electron chi connectivity index (χ2n) is 4.53. The third kappa shape index (κ3) is 7.07. The number of amides is 1. The molecule has 114 valence electrons. The highest BCUT2D eigenvalue weighted by Crippen LogP contribution is 2.03. The fraction of sp³-hybridized carbons (Fsp3) is 0.357. The van der Waals surface area contributed by atoms with E-state index in [2.05, 4.69) is 10.6 Å². The van der Waals surface area contributed by atoms with E-state index in [9.17, 15) is 9.59 Å². The lowest BCUT2D eigenvalue weighted by molar-refractivity contribution is -0.136. The van der Waals surface area contributed by atoms with Crippen LogP contribution in [0.25, 0.3) is 0 Å². The van der Waals surface area contributed by atoms with Crippen LogP contribution in [0.2, 0.25) is 0 Å². The molecule has 7 nitrogen and oxygen atoms in total. The van der Waals surface area contributed by atoms with Crippen LogP contribution in [0.5, 0.6) is 0 Å². The SMILES string of the molecule is N=C(N)c1ccc(CNCCC(=O)NCCC(=O)O)cc1. The maximum Gasteiger partial charge on any atom is 0.305 e. The standard InChI is InChI=1S/C14H20N4O3/c15-14(16)11-3-1-10(2-4-11)9-17-7-5-12(19)18-8-6-13(20)21/h1-4,17H,5-9H2,(H3,15,16)(H,18,19)(H,20,21). The molecular formula is C14H20N4O3. The average Bonchev–Trinajstić information content (AvgIpc) is 2.43. The Bertz CT molecular complexity index is 499. The van der Waals surface area contributed by atoms with Crippen molar-refractivity contribution in [3.8, 4) is 0 Å². The molecule has 0 aliphatic rings. The van der Waals surface area contributed by atoms with Crippen LogP contribution in [0.15, 0.2) is 24.3 Å². The van der Waals surface area contributed by atoms with E-state index in [1.54, 1.807) is 12.1 Å². The van der Waals surface area contributed by atoms with E-state index in [0.29, 0.717) is 25.1 Å². The first-order valence-electron chi connectivity index (χ1n) is 6.61. The van der Waals surface area contributed by atoms with Gasteiger partial charge in [0, 0.05) is 31.6 Å². The summed E-state index contributed by atoms with van der Waals surface area (Å²) in [6.45, 7) is 1.27. The molecule has 1 rings (SSSR count). The molecule has 0 unspecified atom stereocenters. The molecule has 1 amide bonds. The third-order valence-electron chi connectivity index (χ3n) is 2.78. The predicted octanol–water partition coefficient (Wildman–Crippen LogP) is 0.0413. The lowest BCUT2D eigenvalue weighted by Crippen LogP contribution is -2.29. The van der Waals surface area contributed by atoms with Crippen LogP contribution < -0.4 is 16.4 Å². The van der Waals surface area contributed by atoms with E-state index in [-0.39, 0.29) is 24.7 Å². The minimum atomic E-state index is -0.928. The molecule has 0 saturated carbocycles. The Hall–Kier alpha value is -2.41. The third-order valence-corrected chi connectivity index (χ3v) is 2.78. The molecule has 1 aromatic carbocycles. The molecule has 0 aliphatic carbocycles. The second kappa shape index (κ2) is 8.70. The molecule has 0 heterocycles. The highest BCUT2D eigenvalue weighted by Gasteiger charge is 2.02. The number of hydrogen-bond donors (Lipinski definition) is 5. The molecule has 0 atom stereocenters. The second-order valence-corrected chi connectivity index (χ2v) is 4.53. The summed E-state index contributed by atoms with van der Waals surface area (Å²) in [6.07, 6.45) is 0.229. The van der Waals surface area contributed by atoms with Crippen LogP contribution in [0, 0.1) is 5.41 Å². The van der Waals surface area contributed by atoms with Gasteiger partial charge in [-0.3, -0.25) is 15.0 Å². The first kappa shape index (κ1) is 16.6. The number of carbonyl (C=O) groups is 2. The zero-order valence-electron chi connectivity index (χ0n) is 11.7. The summed E-state index contributed by atoms with van der Waals surface area (Å²) in [5.41, 5.74) is 7.07. The summed E-state index contributed by atoms with van der Waals surface area (Å²) in [6, 6.07) is 7.29. The number of nitrogens with two attached hydrogens (primary N) is 1. The minimum absolute atomic E-state index is 0.0348. The number of carboxylic acid groups (broad SMARTS) is 1. The zero-order valence-corrected chi connectivity index (χ0v) is 11.7. The number of aliphatic carboxylic acids is 1. The molecule has 1 aromatic rings. The Balaban J connectivity index is 2.17. The molecule has 0 saturated heterocycles. The fourth-order valence-electron chi connectivity index (χ4n) is 1.63. The van der Waals surface area contributed by atoms with E-state index in [1.165, 1.54) is 0 Å². The number of carbonyl (C=O) groups excluding carboxylic acids is 1. The Morgan fingerprint density at radius 3 is 2.38 bits per heavy atom. The normalized spacial score (nSPS) is 10.1. The molecule has 0 bridgehead atoms. The van der Waals surface area contributed by atoms with Gasteiger partial charge in [-0.25, -0.2) is 0 Å². The van der Waals surface area contributed by atoms with Crippen LogP contribution in [0.1, 0.15) is 24.0 Å². The molecule has 21 heavy (non-hydrogen) atoms. The van der Waals surface area contributed by atoms with Crippen molar-refractivity contribution in [1.82, 2.24) is 10.6 Å². The molecule has 0 spiro atoms. The van der Waals surface area contributed by atoms with Gasteiger partial charge in [-0.2, -0.15) is 0 Å². The Morgan fingerprint density at radius 2 is 1.81 bits per heavy atom. The van der Waals surface area contributed by atoms with E-state index < -0.39 is 5.97 Å². The van der Waals surface area contributed by atoms with Crippen molar-refractivity contribution in [3.05, 3.63) is 35.4 Å². The summed E-state index contributed by atoms with van der Waals surface area (Å²) >= 11 is 0. The van der Waals surface area contributed by atoms with E-state index in [0.717, 1.165) is 5.56 Å². The largest absolute Gasteiger partial charge is 0.481 e. The number of amidine groups is 1. The van der Waals surface area contributed by atoms with Gasteiger partial charge in [-0.1, -0.05) is 24.3 Å². The van der Waals surface area contributed by atoms with E-state index in [1.807, 2.05) is 12.1 Å².